The average molecular weight is 640 g/mol. The van der Waals surface area contributed by atoms with Crippen LogP contribution in [0.2, 0.25) is 0 Å². The fourth-order valence-electron chi connectivity index (χ4n) is 5.55. The number of hydrogen-bond acceptors (Lipinski definition) is 9. The van der Waals surface area contributed by atoms with E-state index in [2.05, 4.69) is 14.9 Å². The SMILES string of the molecule is C[C@@H](c1nc2ccc(C(=O)O)nc2n1C[C@@H]1CCO1)N1CCN(c2cc(C(F)(F)F)cc(OCc3ccc(C#N)cc3F)n2)CC1. The first kappa shape index (κ1) is 31.2. The number of aromatic carboxylic acids is 1. The molecule has 2 saturated heterocycles. The summed E-state index contributed by atoms with van der Waals surface area (Å²) >= 11 is 0. The van der Waals surface area contributed by atoms with Gasteiger partial charge in [0.1, 0.15) is 29.6 Å². The molecular weight excluding hydrogens is 610 g/mol. The third kappa shape index (κ3) is 6.44. The second kappa shape index (κ2) is 12.5. The predicted octanol–water partition coefficient (Wildman–Crippen LogP) is 4.81. The summed E-state index contributed by atoms with van der Waals surface area (Å²) in [4.78, 5) is 28.9. The van der Waals surface area contributed by atoms with Crippen LogP contribution in [0, 0.1) is 17.1 Å². The van der Waals surface area contributed by atoms with Gasteiger partial charge in [-0.15, -0.1) is 0 Å². The number of hydrogen-bond donors (Lipinski definition) is 1. The van der Waals surface area contributed by atoms with Gasteiger partial charge in [-0.3, -0.25) is 4.90 Å². The zero-order chi connectivity index (χ0) is 32.6. The van der Waals surface area contributed by atoms with Gasteiger partial charge in [0.2, 0.25) is 5.88 Å². The van der Waals surface area contributed by atoms with Crippen LogP contribution in [0.15, 0.2) is 42.5 Å². The van der Waals surface area contributed by atoms with E-state index in [0.29, 0.717) is 56.3 Å². The summed E-state index contributed by atoms with van der Waals surface area (Å²) in [5.41, 5.74) is 0.178. The van der Waals surface area contributed by atoms with Crippen LogP contribution in [0.3, 0.4) is 0 Å². The number of anilines is 1. The molecule has 0 saturated carbocycles. The molecule has 2 fully saturated rings. The third-order valence-electron chi connectivity index (χ3n) is 8.25. The van der Waals surface area contributed by atoms with Crippen LogP contribution in [-0.2, 0) is 24.1 Å². The summed E-state index contributed by atoms with van der Waals surface area (Å²) in [7, 11) is 0. The van der Waals surface area contributed by atoms with Gasteiger partial charge in [0.25, 0.3) is 0 Å². The maximum absolute atomic E-state index is 14.3. The van der Waals surface area contributed by atoms with E-state index in [-0.39, 0.29) is 47.3 Å². The second-order valence-corrected chi connectivity index (χ2v) is 11.2. The van der Waals surface area contributed by atoms with Gasteiger partial charge in [-0.1, -0.05) is 6.07 Å². The van der Waals surface area contributed by atoms with E-state index in [9.17, 15) is 27.5 Å². The monoisotopic (exact) mass is 639 g/mol. The Labute approximate surface area is 260 Å². The molecule has 0 aliphatic carbocycles. The lowest BCUT2D eigenvalue weighted by Gasteiger charge is -2.38. The molecule has 2 aliphatic rings. The predicted molar refractivity (Wildman–Crippen MR) is 156 cm³/mol. The Morgan fingerprint density at radius 2 is 1.89 bits per heavy atom. The van der Waals surface area contributed by atoms with E-state index >= 15 is 0 Å². The number of benzene rings is 1. The van der Waals surface area contributed by atoms with E-state index in [1.54, 1.807) is 11.0 Å². The first-order valence-electron chi connectivity index (χ1n) is 14.6. The molecule has 6 rings (SSSR count). The molecule has 11 nitrogen and oxygen atoms in total. The highest BCUT2D eigenvalue weighted by atomic mass is 19.4. The number of rotatable bonds is 9. The quantitative estimate of drug-likeness (QED) is 0.255. The van der Waals surface area contributed by atoms with E-state index in [0.717, 1.165) is 24.6 Å². The van der Waals surface area contributed by atoms with Crippen molar-refractivity contribution in [3.63, 3.8) is 0 Å². The summed E-state index contributed by atoms with van der Waals surface area (Å²) < 4.78 is 68.9. The highest BCUT2D eigenvalue weighted by Crippen LogP contribution is 2.35. The van der Waals surface area contributed by atoms with Crippen molar-refractivity contribution in [2.75, 3.05) is 37.7 Å². The molecule has 1 N–H and O–H groups in total. The zero-order valence-electron chi connectivity index (χ0n) is 24.7. The fraction of sp³-hybridized carbons (Fsp3) is 0.387. The summed E-state index contributed by atoms with van der Waals surface area (Å²) in [6.45, 7) is 4.39. The second-order valence-electron chi connectivity index (χ2n) is 11.2. The number of fused-ring (bicyclic) bond motifs is 1. The molecule has 0 radical (unpaired) electrons. The number of aromatic nitrogens is 4. The number of halogens is 4. The van der Waals surface area contributed by atoms with Crippen LogP contribution in [-0.4, -0.2) is 74.4 Å². The number of alkyl halides is 3. The minimum absolute atomic E-state index is 0.0349. The molecule has 0 amide bonds. The van der Waals surface area contributed by atoms with Crippen molar-refractivity contribution in [1.82, 2.24) is 24.4 Å². The van der Waals surface area contributed by atoms with Crippen LogP contribution >= 0.6 is 0 Å². The average Bonchev–Trinajstić information content (AvgIpc) is 3.38. The van der Waals surface area contributed by atoms with Crippen molar-refractivity contribution in [3.8, 4) is 11.9 Å². The highest BCUT2D eigenvalue weighted by Gasteiger charge is 2.34. The van der Waals surface area contributed by atoms with Crippen LogP contribution in [0.25, 0.3) is 11.2 Å². The van der Waals surface area contributed by atoms with Crippen LogP contribution in [0.4, 0.5) is 23.4 Å². The molecule has 0 unspecified atom stereocenters. The highest BCUT2D eigenvalue weighted by molar-refractivity contribution is 5.88. The molecule has 3 aromatic heterocycles. The maximum Gasteiger partial charge on any atom is 0.416 e. The minimum Gasteiger partial charge on any atom is -0.477 e. The summed E-state index contributed by atoms with van der Waals surface area (Å²) in [6, 6.07) is 10.2. The molecule has 2 aliphatic heterocycles. The van der Waals surface area contributed by atoms with Gasteiger partial charge in [-0.2, -0.15) is 23.4 Å². The van der Waals surface area contributed by atoms with E-state index < -0.39 is 23.5 Å². The Balaban J connectivity index is 1.20. The topological polar surface area (TPSA) is 130 Å². The zero-order valence-corrected chi connectivity index (χ0v) is 24.7. The Kier molecular flexibility index (Phi) is 8.49. The fourth-order valence-corrected chi connectivity index (χ4v) is 5.55. The van der Waals surface area contributed by atoms with E-state index in [1.165, 1.54) is 18.2 Å². The van der Waals surface area contributed by atoms with Gasteiger partial charge in [0, 0.05) is 44.4 Å². The van der Waals surface area contributed by atoms with Gasteiger partial charge >= 0.3 is 12.1 Å². The van der Waals surface area contributed by atoms with Gasteiger partial charge < -0.3 is 24.0 Å². The van der Waals surface area contributed by atoms with Gasteiger partial charge in [0.15, 0.2) is 11.3 Å². The Morgan fingerprint density at radius 3 is 2.52 bits per heavy atom. The number of carboxylic acids is 1. The third-order valence-corrected chi connectivity index (χ3v) is 8.25. The first-order valence-corrected chi connectivity index (χ1v) is 14.6. The molecule has 15 heteroatoms. The van der Waals surface area contributed by atoms with Crippen molar-refractivity contribution >= 4 is 23.0 Å². The number of piperazine rings is 1. The molecule has 46 heavy (non-hydrogen) atoms. The smallest absolute Gasteiger partial charge is 0.416 e. The lowest BCUT2D eigenvalue weighted by atomic mass is 10.1. The Bertz CT molecular complexity index is 1810. The molecular formula is C31H29F4N7O4. The largest absolute Gasteiger partial charge is 0.477 e. The number of imidazole rings is 1. The molecule has 2 atom stereocenters. The van der Waals surface area contributed by atoms with Crippen molar-refractivity contribution in [1.29, 1.82) is 5.26 Å². The number of nitrogens with zero attached hydrogens (tertiary/aromatic N) is 7. The number of carboxylic acid groups (broad SMARTS) is 1. The number of nitriles is 1. The van der Waals surface area contributed by atoms with Gasteiger partial charge in [-0.25, -0.2) is 19.2 Å². The van der Waals surface area contributed by atoms with Gasteiger partial charge in [-0.05, 0) is 43.7 Å². The Morgan fingerprint density at radius 1 is 1.13 bits per heavy atom. The van der Waals surface area contributed by atoms with Crippen molar-refractivity contribution < 1.29 is 36.9 Å². The molecule has 1 aromatic carbocycles. The number of ether oxygens (including phenoxy) is 2. The Hall–Kier alpha value is -4.81. The standard InChI is InChI=1S/C31H29F4N7O4/c1-18(28-37-24-4-5-25(30(43)44)38-29(24)42(28)16-22-6-11-45-22)40-7-9-41(10-8-40)26-13-21(31(33,34)35)14-27(39-26)46-17-20-3-2-19(15-36)12-23(20)32/h2-5,12-14,18,22H,6-11,16-17H2,1H3,(H,43,44)/t18-,22-/m0/s1. The van der Waals surface area contributed by atoms with Crippen molar-refractivity contribution in [2.24, 2.45) is 0 Å². The van der Waals surface area contributed by atoms with E-state index in [4.69, 9.17) is 19.7 Å². The van der Waals surface area contributed by atoms with Crippen LogP contribution < -0.4 is 9.64 Å². The lowest BCUT2D eigenvalue weighted by Crippen LogP contribution is -2.48. The summed E-state index contributed by atoms with van der Waals surface area (Å²) in [5, 5.41) is 18.4. The molecule has 5 heterocycles. The molecule has 240 valence electrons. The number of pyridine rings is 2. The number of carbonyl (C=O) groups is 1. The van der Waals surface area contributed by atoms with Crippen molar-refractivity contribution in [3.05, 3.63) is 76.5 Å². The van der Waals surface area contributed by atoms with E-state index in [1.807, 2.05) is 17.6 Å². The summed E-state index contributed by atoms with van der Waals surface area (Å²) in [6.07, 6.45) is -3.83. The van der Waals surface area contributed by atoms with Gasteiger partial charge in [0.05, 0.1) is 35.9 Å². The lowest BCUT2D eigenvalue weighted by molar-refractivity contribution is -0.137. The normalized spacial score (nSPS) is 17.8. The molecule has 0 bridgehead atoms. The van der Waals surface area contributed by atoms with Crippen LogP contribution in [0.5, 0.6) is 5.88 Å². The molecule has 0 spiro atoms. The first-order chi connectivity index (χ1) is 22.0. The maximum atomic E-state index is 14.3. The van der Waals surface area contributed by atoms with Crippen molar-refractivity contribution in [2.45, 2.75) is 44.8 Å². The molecule has 4 aromatic rings. The van der Waals surface area contributed by atoms with Crippen LogP contribution in [0.1, 0.15) is 52.4 Å². The summed E-state index contributed by atoms with van der Waals surface area (Å²) in [5.74, 6) is -1.37. The minimum atomic E-state index is -4.66.